The standard InChI is InChI=1S/C33H26BrN3O7S/c1-4-41-32(39)28-18(2)36-33-37(29(28)22-9-10-24-25(14-22)44-17-43-24)31(38)27(45-33)13-21-11-23(34)30(26(12-21)40-3)42-16-20-7-5-19(15-35)6-8-20/h5-14,29H,4,16-17H2,1-3H3/b27-13+/t29-/m1/s1. The van der Waals surface area contributed by atoms with Crippen molar-refractivity contribution in [2.45, 2.75) is 26.5 Å². The molecule has 0 saturated heterocycles. The molecule has 4 aromatic rings. The molecule has 1 atom stereocenters. The lowest BCUT2D eigenvalue weighted by molar-refractivity contribution is -0.139. The van der Waals surface area contributed by atoms with E-state index in [9.17, 15) is 9.59 Å². The number of esters is 1. The van der Waals surface area contributed by atoms with Gasteiger partial charge >= 0.3 is 5.97 Å². The molecule has 0 N–H and O–H groups in total. The maximum absolute atomic E-state index is 14.0. The molecular weight excluding hydrogens is 662 g/mol. The molecule has 3 aromatic carbocycles. The van der Waals surface area contributed by atoms with Crippen molar-refractivity contribution < 1.29 is 28.5 Å². The summed E-state index contributed by atoms with van der Waals surface area (Å²) in [7, 11) is 1.54. The van der Waals surface area contributed by atoms with Gasteiger partial charge in [-0.25, -0.2) is 9.79 Å². The van der Waals surface area contributed by atoms with E-state index in [-0.39, 0.29) is 31.1 Å². The second-order valence-corrected chi connectivity index (χ2v) is 11.9. The fourth-order valence-electron chi connectivity index (χ4n) is 5.14. The zero-order valence-electron chi connectivity index (χ0n) is 24.5. The van der Waals surface area contributed by atoms with Crippen LogP contribution in [0.1, 0.15) is 42.1 Å². The summed E-state index contributed by atoms with van der Waals surface area (Å²) in [5.41, 5.74) is 3.25. The number of carbonyl (C=O) groups is 1. The van der Waals surface area contributed by atoms with E-state index in [2.05, 4.69) is 27.0 Å². The van der Waals surface area contributed by atoms with Crippen LogP contribution >= 0.6 is 27.3 Å². The Morgan fingerprint density at radius 2 is 1.96 bits per heavy atom. The lowest BCUT2D eigenvalue weighted by Crippen LogP contribution is -2.39. The van der Waals surface area contributed by atoms with Gasteiger partial charge in [0, 0.05) is 0 Å². The van der Waals surface area contributed by atoms with Crippen molar-refractivity contribution in [2.75, 3.05) is 20.5 Å². The van der Waals surface area contributed by atoms with E-state index < -0.39 is 12.0 Å². The van der Waals surface area contributed by atoms with Gasteiger partial charge in [0.15, 0.2) is 27.8 Å². The van der Waals surface area contributed by atoms with Crippen molar-refractivity contribution in [3.05, 3.63) is 112 Å². The number of allylic oxidation sites excluding steroid dienone is 1. The molecule has 6 rings (SSSR count). The van der Waals surface area contributed by atoms with Gasteiger partial charge in [-0.05, 0) is 88.9 Å². The van der Waals surface area contributed by atoms with Crippen LogP contribution in [-0.4, -0.2) is 31.0 Å². The van der Waals surface area contributed by atoms with Gasteiger partial charge in [-0.1, -0.05) is 29.5 Å². The summed E-state index contributed by atoms with van der Waals surface area (Å²) >= 11 is 4.81. The number of aromatic nitrogens is 1. The molecule has 1 aromatic heterocycles. The maximum atomic E-state index is 14.0. The first-order valence-electron chi connectivity index (χ1n) is 13.9. The first-order chi connectivity index (χ1) is 21.8. The van der Waals surface area contributed by atoms with Crippen molar-refractivity contribution in [3.63, 3.8) is 0 Å². The van der Waals surface area contributed by atoms with Gasteiger partial charge in [0.25, 0.3) is 5.56 Å². The van der Waals surface area contributed by atoms with Gasteiger partial charge in [-0.3, -0.25) is 9.36 Å². The molecule has 45 heavy (non-hydrogen) atoms. The van der Waals surface area contributed by atoms with Crippen LogP contribution in [0, 0.1) is 11.3 Å². The highest BCUT2D eigenvalue weighted by atomic mass is 79.9. The molecule has 0 saturated carbocycles. The monoisotopic (exact) mass is 687 g/mol. The van der Waals surface area contributed by atoms with Crippen molar-refractivity contribution in [3.8, 4) is 29.1 Å². The summed E-state index contributed by atoms with van der Waals surface area (Å²) in [6.45, 7) is 4.01. The lowest BCUT2D eigenvalue weighted by Gasteiger charge is -2.24. The molecule has 12 heteroatoms. The Morgan fingerprint density at radius 3 is 2.69 bits per heavy atom. The van der Waals surface area contributed by atoms with E-state index in [1.165, 1.54) is 15.9 Å². The second kappa shape index (κ2) is 12.6. The van der Waals surface area contributed by atoms with Gasteiger partial charge in [0.05, 0.1) is 51.7 Å². The number of nitrogens with zero attached hydrogens (tertiary/aromatic N) is 3. The molecule has 0 fully saturated rings. The summed E-state index contributed by atoms with van der Waals surface area (Å²) in [6.07, 6.45) is 1.75. The lowest BCUT2D eigenvalue weighted by atomic mass is 9.95. The Labute approximate surface area is 270 Å². The van der Waals surface area contributed by atoms with Crippen LogP contribution in [0.3, 0.4) is 0 Å². The molecule has 0 radical (unpaired) electrons. The Morgan fingerprint density at radius 1 is 1.18 bits per heavy atom. The minimum atomic E-state index is -0.781. The number of halogens is 1. The molecule has 0 amide bonds. The van der Waals surface area contributed by atoms with E-state index in [4.69, 9.17) is 28.9 Å². The van der Waals surface area contributed by atoms with Crippen molar-refractivity contribution >= 4 is 39.3 Å². The minimum absolute atomic E-state index is 0.0967. The van der Waals surface area contributed by atoms with E-state index >= 15 is 0 Å². The number of nitriles is 1. The Hall–Kier alpha value is -4.86. The highest BCUT2D eigenvalue weighted by molar-refractivity contribution is 9.10. The van der Waals surface area contributed by atoms with E-state index in [0.717, 1.165) is 5.56 Å². The molecule has 0 bridgehead atoms. The highest BCUT2D eigenvalue weighted by Gasteiger charge is 2.34. The number of carbonyl (C=O) groups excluding carboxylic acids is 1. The average Bonchev–Trinajstić information content (AvgIpc) is 3.63. The zero-order chi connectivity index (χ0) is 31.7. The van der Waals surface area contributed by atoms with Crippen LogP contribution in [0.2, 0.25) is 0 Å². The summed E-state index contributed by atoms with van der Waals surface area (Å²) in [6, 6.07) is 17.4. The van der Waals surface area contributed by atoms with Crippen LogP contribution < -0.4 is 33.8 Å². The first kappa shape index (κ1) is 30.2. The SMILES string of the molecule is CCOC(=O)C1=C(C)N=c2s/c(=C/c3cc(Br)c(OCc4ccc(C#N)cc4)c(OC)c3)c(=O)n2[C@@H]1c1ccc2c(c1)OCO2. The number of thiazole rings is 1. The number of benzene rings is 3. The second-order valence-electron chi connectivity index (χ2n) is 10.0. The van der Waals surface area contributed by atoms with Gasteiger partial charge in [-0.15, -0.1) is 0 Å². The van der Waals surface area contributed by atoms with Gasteiger partial charge in [-0.2, -0.15) is 5.26 Å². The molecule has 0 spiro atoms. The Bertz CT molecular complexity index is 2080. The molecule has 3 heterocycles. The van der Waals surface area contributed by atoms with Crippen LogP contribution in [-0.2, 0) is 16.1 Å². The van der Waals surface area contributed by atoms with E-state index in [1.807, 2.05) is 24.3 Å². The predicted molar refractivity (Wildman–Crippen MR) is 169 cm³/mol. The van der Waals surface area contributed by atoms with E-state index in [0.29, 0.717) is 59.2 Å². The van der Waals surface area contributed by atoms with Crippen LogP contribution in [0.5, 0.6) is 23.0 Å². The average molecular weight is 689 g/mol. The third kappa shape index (κ3) is 5.84. The Balaban J connectivity index is 1.40. The summed E-state index contributed by atoms with van der Waals surface area (Å²) in [4.78, 5) is 32.3. The largest absolute Gasteiger partial charge is 0.493 e. The minimum Gasteiger partial charge on any atom is -0.493 e. The summed E-state index contributed by atoms with van der Waals surface area (Å²) in [5, 5.41) is 9.04. The quantitative estimate of drug-likeness (QED) is 0.244. The number of rotatable bonds is 8. The predicted octanol–water partition coefficient (Wildman–Crippen LogP) is 4.75. The van der Waals surface area contributed by atoms with Gasteiger partial charge in [0.2, 0.25) is 6.79 Å². The zero-order valence-corrected chi connectivity index (χ0v) is 26.9. The molecule has 10 nitrogen and oxygen atoms in total. The van der Waals surface area contributed by atoms with Crippen LogP contribution in [0.25, 0.3) is 6.08 Å². The van der Waals surface area contributed by atoms with Gasteiger partial charge in [0.1, 0.15) is 6.61 Å². The van der Waals surface area contributed by atoms with Crippen LogP contribution in [0.15, 0.2) is 80.1 Å². The number of hydrogen-bond acceptors (Lipinski definition) is 10. The molecule has 0 aliphatic carbocycles. The van der Waals surface area contributed by atoms with Crippen molar-refractivity contribution in [1.82, 2.24) is 4.57 Å². The molecule has 2 aliphatic rings. The Kier molecular flexibility index (Phi) is 8.47. The molecule has 228 valence electrons. The van der Waals surface area contributed by atoms with Crippen molar-refractivity contribution in [1.29, 1.82) is 5.26 Å². The summed E-state index contributed by atoms with van der Waals surface area (Å²) in [5.74, 6) is 1.55. The molecule has 2 aliphatic heterocycles. The smallest absolute Gasteiger partial charge is 0.338 e. The fourth-order valence-corrected chi connectivity index (χ4v) is 6.76. The van der Waals surface area contributed by atoms with Gasteiger partial charge < -0.3 is 23.7 Å². The first-order valence-corrected chi connectivity index (χ1v) is 15.5. The third-order valence-electron chi connectivity index (χ3n) is 7.25. The number of methoxy groups -OCH3 is 1. The fraction of sp³-hybridized carbons (Fsp3) is 0.212. The molecule has 0 unspecified atom stereocenters. The number of fused-ring (bicyclic) bond motifs is 2. The van der Waals surface area contributed by atoms with Crippen LogP contribution in [0.4, 0.5) is 0 Å². The third-order valence-corrected chi connectivity index (χ3v) is 8.82. The highest BCUT2D eigenvalue weighted by Crippen LogP contribution is 2.39. The normalized spacial score (nSPS) is 15.3. The topological polar surface area (TPSA) is 121 Å². The number of ether oxygens (including phenoxy) is 5. The van der Waals surface area contributed by atoms with E-state index in [1.54, 1.807) is 57.4 Å². The maximum Gasteiger partial charge on any atom is 0.338 e. The summed E-state index contributed by atoms with van der Waals surface area (Å²) < 4.78 is 30.7. The van der Waals surface area contributed by atoms with Crippen molar-refractivity contribution in [2.24, 2.45) is 4.99 Å². The number of hydrogen-bond donors (Lipinski definition) is 0. The molecular formula is C33H26BrN3O7S.